The molecule has 0 radical (unpaired) electrons. The maximum atomic E-state index is 12.7. The molecule has 32 heavy (non-hydrogen) atoms. The first-order valence-electron chi connectivity index (χ1n) is 9.51. The molecule has 1 unspecified atom stereocenters. The maximum Gasteiger partial charge on any atom is 0.338 e. The Labute approximate surface area is 189 Å². The minimum absolute atomic E-state index is 0.0255. The molecule has 168 valence electrons. The Balaban J connectivity index is 1.73. The summed E-state index contributed by atoms with van der Waals surface area (Å²) in [4.78, 5) is 24.8. The van der Waals surface area contributed by atoms with E-state index < -0.39 is 28.0 Å². The lowest BCUT2D eigenvalue weighted by Gasteiger charge is -2.15. The van der Waals surface area contributed by atoms with Crippen molar-refractivity contribution in [2.45, 2.75) is 31.3 Å². The third kappa shape index (κ3) is 5.86. The third-order valence-electron chi connectivity index (χ3n) is 4.25. The average molecular weight is 478 g/mol. The molecule has 0 aliphatic carbocycles. The van der Waals surface area contributed by atoms with Crippen LogP contribution in [0.2, 0.25) is 5.02 Å². The number of ether oxygens (including phenoxy) is 1. The fourth-order valence-electron chi connectivity index (χ4n) is 2.71. The minimum atomic E-state index is -3.99. The van der Waals surface area contributed by atoms with Crippen LogP contribution in [-0.2, 0) is 19.6 Å². The fourth-order valence-corrected chi connectivity index (χ4v) is 3.99. The van der Waals surface area contributed by atoms with Crippen molar-refractivity contribution >= 4 is 45.0 Å². The summed E-state index contributed by atoms with van der Waals surface area (Å²) in [6.07, 6.45) is -0.910. The van der Waals surface area contributed by atoms with Crippen LogP contribution in [-0.4, -0.2) is 31.6 Å². The van der Waals surface area contributed by atoms with Gasteiger partial charge in [-0.15, -0.1) is 0 Å². The van der Waals surface area contributed by atoms with Gasteiger partial charge in [-0.2, -0.15) is 0 Å². The van der Waals surface area contributed by atoms with Gasteiger partial charge in [-0.1, -0.05) is 35.8 Å². The van der Waals surface area contributed by atoms with E-state index in [-0.39, 0.29) is 28.4 Å². The summed E-state index contributed by atoms with van der Waals surface area (Å²) in [6.45, 7) is 3.34. The van der Waals surface area contributed by atoms with Gasteiger partial charge in [0.1, 0.15) is 5.76 Å². The number of nitrogens with zero attached hydrogens (tertiary/aromatic N) is 1. The number of carbonyl (C=O) groups is 2. The first-order chi connectivity index (χ1) is 15.2. The van der Waals surface area contributed by atoms with E-state index >= 15 is 0 Å². The molecule has 0 fully saturated rings. The Morgan fingerprint density at radius 2 is 1.91 bits per heavy atom. The molecule has 1 heterocycles. The van der Waals surface area contributed by atoms with Gasteiger partial charge in [0.05, 0.1) is 16.1 Å². The number of esters is 1. The van der Waals surface area contributed by atoms with Crippen molar-refractivity contribution in [3.8, 4) is 0 Å². The number of aromatic nitrogens is 1. The Morgan fingerprint density at radius 1 is 1.16 bits per heavy atom. The molecule has 0 aliphatic heterocycles. The summed E-state index contributed by atoms with van der Waals surface area (Å²) in [5.41, 5.74) is 0.249. The van der Waals surface area contributed by atoms with Gasteiger partial charge in [-0.25, -0.2) is 13.2 Å². The van der Waals surface area contributed by atoms with Crippen LogP contribution in [0.4, 0.5) is 11.5 Å². The van der Waals surface area contributed by atoms with Crippen molar-refractivity contribution < 1.29 is 27.3 Å². The molecule has 1 aromatic heterocycles. The molecule has 11 heteroatoms. The normalized spacial score (nSPS) is 12.1. The zero-order valence-electron chi connectivity index (χ0n) is 17.2. The summed E-state index contributed by atoms with van der Waals surface area (Å²) in [7, 11) is -3.99. The molecule has 0 saturated carbocycles. The molecule has 0 bridgehead atoms. The SMILES string of the molecule is CCC(OC(=O)c1cccc(S(=O)(=O)Nc2cccc(Cl)c2)c1)C(=O)Nc1cc(C)on1. The second kappa shape index (κ2) is 9.84. The van der Waals surface area contributed by atoms with E-state index in [1.54, 1.807) is 32.0 Å². The second-order valence-electron chi connectivity index (χ2n) is 6.76. The van der Waals surface area contributed by atoms with E-state index in [0.717, 1.165) is 0 Å². The fraction of sp³-hybridized carbons (Fsp3) is 0.190. The average Bonchev–Trinajstić information content (AvgIpc) is 3.16. The lowest BCUT2D eigenvalue weighted by Crippen LogP contribution is -2.32. The van der Waals surface area contributed by atoms with Crippen LogP contribution < -0.4 is 10.0 Å². The number of anilines is 2. The van der Waals surface area contributed by atoms with E-state index in [4.69, 9.17) is 20.9 Å². The van der Waals surface area contributed by atoms with Crippen molar-refractivity contribution in [2.24, 2.45) is 0 Å². The smallest absolute Gasteiger partial charge is 0.338 e. The van der Waals surface area contributed by atoms with Gasteiger partial charge in [0, 0.05) is 11.1 Å². The Hall–Kier alpha value is -3.37. The molecule has 0 saturated heterocycles. The molecule has 2 N–H and O–H groups in total. The highest BCUT2D eigenvalue weighted by Gasteiger charge is 2.24. The predicted octanol–water partition coefficient (Wildman–Crippen LogP) is 4.01. The monoisotopic (exact) mass is 477 g/mol. The topological polar surface area (TPSA) is 128 Å². The van der Waals surface area contributed by atoms with E-state index in [1.807, 2.05) is 0 Å². The molecule has 1 atom stereocenters. The number of nitrogens with one attached hydrogen (secondary N) is 2. The molecule has 9 nitrogen and oxygen atoms in total. The largest absolute Gasteiger partial charge is 0.449 e. The Kier molecular flexibility index (Phi) is 7.16. The van der Waals surface area contributed by atoms with Gasteiger partial charge >= 0.3 is 5.97 Å². The van der Waals surface area contributed by atoms with Gasteiger partial charge in [-0.3, -0.25) is 9.52 Å². The van der Waals surface area contributed by atoms with Crippen LogP contribution in [0, 0.1) is 6.92 Å². The number of sulfonamides is 1. The van der Waals surface area contributed by atoms with Crippen molar-refractivity contribution in [2.75, 3.05) is 10.0 Å². The molecular weight excluding hydrogens is 458 g/mol. The molecule has 2 aromatic carbocycles. The van der Waals surface area contributed by atoms with Crippen molar-refractivity contribution in [3.05, 3.63) is 70.9 Å². The number of amides is 1. The number of rotatable bonds is 8. The molecular formula is C21H20ClN3O6S. The molecule has 3 rings (SSSR count). The van der Waals surface area contributed by atoms with Crippen molar-refractivity contribution in [1.29, 1.82) is 0 Å². The summed E-state index contributed by atoms with van der Waals surface area (Å²) >= 11 is 5.89. The highest BCUT2D eigenvalue weighted by Crippen LogP contribution is 2.21. The van der Waals surface area contributed by atoms with Crippen LogP contribution in [0.3, 0.4) is 0 Å². The molecule has 1 amide bonds. The third-order valence-corrected chi connectivity index (χ3v) is 5.86. The van der Waals surface area contributed by atoms with E-state index in [1.165, 1.54) is 36.4 Å². The Bertz CT molecular complexity index is 1240. The number of halogens is 1. The van der Waals surface area contributed by atoms with Gasteiger partial charge in [0.25, 0.3) is 15.9 Å². The van der Waals surface area contributed by atoms with Gasteiger partial charge in [-0.05, 0) is 49.7 Å². The summed E-state index contributed by atoms with van der Waals surface area (Å²) in [5, 5.41) is 6.53. The zero-order valence-corrected chi connectivity index (χ0v) is 18.7. The molecule has 0 aliphatic rings. The predicted molar refractivity (Wildman–Crippen MR) is 118 cm³/mol. The summed E-state index contributed by atoms with van der Waals surface area (Å²) in [6, 6.07) is 13.0. The first kappa shape index (κ1) is 23.3. The van der Waals surface area contributed by atoms with Crippen molar-refractivity contribution in [1.82, 2.24) is 5.16 Å². The van der Waals surface area contributed by atoms with Gasteiger partial charge < -0.3 is 14.6 Å². The molecule has 0 spiro atoms. The number of benzene rings is 2. The first-order valence-corrected chi connectivity index (χ1v) is 11.4. The van der Waals surface area contributed by atoms with Gasteiger partial charge in [0.2, 0.25) is 0 Å². The summed E-state index contributed by atoms with van der Waals surface area (Å²) in [5.74, 6) is -0.722. The second-order valence-corrected chi connectivity index (χ2v) is 8.88. The quantitative estimate of drug-likeness (QED) is 0.469. The highest BCUT2D eigenvalue weighted by molar-refractivity contribution is 7.92. The maximum absolute atomic E-state index is 12.7. The lowest BCUT2D eigenvalue weighted by molar-refractivity contribution is -0.124. The van der Waals surface area contributed by atoms with E-state index in [2.05, 4.69) is 15.2 Å². The summed E-state index contributed by atoms with van der Waals surface area (Å²) < 4.78 is 38.0. The number of aryl methyl sites for hydroxylation is 1. The van der Waals surface area contributed by atoms with E-state index in [9.17, 15) is 18.0 Å². The van der Waals surface area contributed by atoms with Crippen LogP contribution in [0.15, 0.2) is 64.0 Å². The molecule has 3 aromatic rings. The number of hydrogen-bond donors (Lipinski definition) is 2. The van der Waals surface area contributed by atoms with Gasteiger partial charge in [0.15, 0.2) is 11.9 Å². The standard InChI is InChI=1S/C21H20ClN3O6S/c1-3-18(20(26)23-19-10-13(2)31-24-19)30-21(27)14-6-4-9-17(11-14)32(28,29)25-16-8-5-7-15(22)12-16/h4-12,18,25H,3H2,1-2H3,(H,23,24,26). The van der Waals surface area contributed by atoms with Crippen molar-refractivity contribution in [3.63, 3.8) is 0 Å². The number of hydrogen-bond acceptors (Lipinski definition) is 7. The highest BCUT2D eigenvalue weighted by atomic mass is 35.5. The van der Waals surface area contributed by atoms with Crippen LogP contribution in [0.5, 0.6) is 0 Å². The minimum Gasteiger partial charge on any atom is -0.449 e. The van der Waals surface area contributed by atoms with Crippen LogP contribution in [0.25, 0.3) is 0 Å². The lowest BCUT2D eigenvalue weighted by atomic mass is 10.2. The zero-order chi connectivity index (χ0) is 23.3. The Morgan fingerprint density at radius 3 is 2.56 bits per heavy atom. The number of carbonyl (C=O) groups excluding carboxylic acids is 2. The van der Waals surface area contributed by atoms with E-state index in [0.29, 0.717) is 10.8 Å². The van der Waals surface area contributed by atoms with Crippen LogP contribution in [0.1, 0.15) is 29.5 Å². The van der Waals surface area contributed by atoms with Crippen LogP contribution >= 0.6 is 11.6 Å².